The summed E-state index contributed by atoms with van der Waals surface area (Å²) in [6, 6.07) is 15.9. The highest BCUT2D eigenvalue weighted by molar-refractivity contribution is 6.30. The first-order chi connectivity index (χ1) is 15.8. The van der Waals surface area contributed by atoms with Crippen LogP contribution in [0.1, 0.15) is 24.2 Å². The molecule has 4 aromatic rings. The van der Waals surface area contributed by atoms with E-state index in [9.17, 15) is 18.0 Å². The van der Waals surface area contributed by atoms with Gasteiger partial charge in [0.1, 0.15) is 11.3 Å². The fourth-order valence-electron chi connectivity index (χ4n) is 3.20. The van der Waals surface area contributed by atoms with Crippen molar-refractivity contribution < 1.29 is 31.9 Å². The van der Waals surface area contributed by atoms with Gasteiger partial charge < -0.3 is 13.9 Å². The minimum Gasteiger partial charge on any atom is -0.473 e. The molecule has 0 fully saturated rings. The summed E-state index contributed by atoms with van der Waals surface area (Å²) >= 11 is 5.94. The van der Waals surface area contributed by atoms with Gasteiger partial charge in [-0.15, -0.1) is 0 Å². The standard InChI is InChI=1S/C24H17ClF3NO4/c1-2-31-23(30)21(14-7-10-16(25)11-8-14)32-19-12-9-15(24(26,27)28)13-17(19)22-29-18-5-3-4-6-20(18)33-22/h3-13,21H,2H2,1H3. The Hall–Kier alpha value is -3.52. The highest BCUT2D eigenvalue weighted by Gasteiger charge is 2.33. The van der Waals surface area contributed by atoms with Crippen LogP contribution in [0, 0.1) is 0 Å². The van der Waals surface area contributed by atoms with Gasteiger partial charge in [0.25, 0.3) is 0 Å². The van der Waals surface area contributed by atoms with Crippen LogP contribution in [0.3, 0.4) is 0 Å². The number of alkyl halides is 3. The molecule has 0 aliphatic carbocycles. The van der Waals surface area contributed by atoms with E-state index in [1.807, 2.05) is 0 Å². The topological polar surface area (TPSA) is 61.6 Å². The number of halogens is 4. The SMILES string of the molecule is CCOC(=O)C(Oc1ccc(C(F)(F)F)cc1-c1nc2ccccc2o1)c1ccc(Cl)cc1. The van der Waals surface area contributed by atoms with Crippen molar-refractivity contribution in [1.29, 1.82) is 0 Å². The van der Waals surface area contributed by atoms with Crippen LogP contribution in [-0.2, 0) is 15.7 Å². The lowest BCUT2D eigenvalue weighted by Gasteiger charge is -2.20. The molecule has 0 saturated heterocycles. The van der Waals surface area contributed by atoms with Crippen LogP contribution in [0.25, 0.3) is 22.6 Å². The van der Waals surface area contributed by atoms with E-state index in [1.165, 1.54) is 0 Å². The number of carbonyl (C=O) groups excluding carboxylic acids is 1. The molecule has 9 heteroatoms. The minimum absolute atomic E-state index is 0.0254. The summed E-state index contributed by atoms with van der Waals surface area (Å²) in [6.07, 6.45) is -5.85. The maximum atomic E-state index is 13.4. The number of hydrogen-bond acceptors (Lipinski definition) is 5. The summed E-state index contributed by atoms with van der Waals surface area (Å²) < 4.78 is 57.0. The number of fused-ring (bicyclic) bond motifs is 1. The summed E-state index contributed by atoms with van der Waals surface area (Å²) in [5.41, 5.74) is 0.322. The van der Waals surface area contributed by atoms with Crippen molar-refractivity contribution in [2.45, 2.75) is 19.2 Å². The smallest absolute Gasteiger partial charge is 0.416 e. The van der Waals surface area contributed by atoms with Crippen molar-refractivity contribution in [2.24, 2.45) is 0 Å². The molecule has 0 aliphatic rings. The van der Waals surface area contributed by atoms with E-state index in [0.29, 0.717) is 21.7 Å². The van der Waals surface area contributed by atoms with Gasteiger partial charge in [0.15, 0.2) is 5.58 Å². The number of rotatable bonds is 6. The number of nitrogens with zero attached hydrogens (tertiary/aromatic N) is 1. The van der Waals surface area contributed by atoms with Gasteiger partial charge in [-0.1, -0.05) is 35.9 Å². The zero-order valence-corrected chi connectivity index (χ0v) is 18.0. The lowest BCUT2D eigenvalue weighted by molar-refractivity contribution is -0.151. The average Bonchev–Trinajstić information content (AvgIpc) is 3.22. The molecule has 4 rings (SSSR count). The summed E-state index contributed by atoms with van der Waals surface area (Å²) in [7, 11) is 0. The van der Waals surface area contributed by atoms with Crippen molar-refractivity contribution in [2.75, 3.05) is 6.61 Å². The van der Waals surface area contributed by atoms with Crippen LogP contribution in [0.4, 0.5) is 13.2 Å². The summed E-state index contributed by atoms with van der Waals surface area (Å²) in [5.74, 6) is -0.804. The summed E-state index contributed by atoms with van der Waals surface area (Å²) in [5, 5.41) is 0.447. The Morgan fingerprint density at radius 2 is 1.82 bits per heavy atom. The zero-order chi connectivity index (χ0) is 23.6. The van der Waals surface area contributed by atoms with Gasteiger partial charge in [0.2, 0.25) is 12.0 Å². The van der Waals surface area contributed by atoms with Gasteiger partial charge in [-0.05, 0) is 49.4 Å². The van der Waals surface area contributed by atoms with Gasteiger partial charge in [-0.25, -0.2) is 9.78 Å². The molecule has 0 spiro atoms. The van der Waals surface area contributed by atoms with Crippen molar-refractivity contribution in [3.63, 3.8) is 0 Å². The van der Waals surface area contributed by atoms with Crippen LogP contribution in [0.15, 0.2) is 71.1 Å². The highest BCUT2D eigenvalue weighted by atomic mass is 35.5. The van der Waals surface area contributed by atoms with Gasteiger partial charge in [-0.2, -0.15) is 13.2 Å². The maximum Gasteiger partial charge on any atom is 0.416 e. The van der Waals surface area contributed by atoms with E-state index in [0.717, 1.165) is 18.2 Å². The highest BCUT2D eigenvalue weighted by Crippen LogP contribution is 2.39. The predicted octanol–water partition coefficient (Wildman–Crippen LogP) is 6.85. The van der Waals surface area contributed by atoms with E-state index < -0.39 is 23.8 Å². The number of ether oxygens (including phenoxy) is 2. The molecule has 33 heavy (non-hydrogen) atoms. The second-order valence-corrected chi connectivity index (χ2v) is 7.43. The third-order valence-electron chi connectivity index (χ3n) is 4.75. The lowest BCUT2D eigenvalue weighted by atomic mass is 10.1. The summed E-state index contributed by atoms with van der Waals surface area (Å²) in [4.78, 5) is 16.9. The lowest BCUT2D eigenvalue weighted by Crippen LogP contribution is -2.22. The number of aromatic nitrogens is 1. The van der Waals surface area contributed by atoms with Gasteiger partial charge in [0, 0.05) is 10.6 Å². The van der Waals surface area contributed by atoms with E-state index in [1.54, 1.807) is 55.5 Å². The molecule has 170 valence electrons. The molecule has 1 unspecified atom stereocenters. The Morgan fingerprint density at radius 3 is 2.48 bits per heavy atom. The van der Waals surface area contributed by atoms with E-state index in [4.69, 9.17) is 25.5 Å². The predicted molar refractivity (Wildman–Crippen MR) is 116 cm³/mol. The van der Waals surface area contributed by atoms with Crippen LogP contribution in [0.2, 0.25) is 5.02 Å². The normalized spacial score (nSPS) is 12.5. The second kappa shape index (κ2) is 9.15. The molecular formula is C24H17ClF3NO4. The van der Waals surface area contributed by atoms with Crippen molar-refractivity contribution in [3.05, 3.63) is 82.9 Å². The molecule has 0 N–H and O–H groups in total. The summed E-state index contributed by atoms with van der Waals surface area (Å²) in [6.45, 7) is 1.73. The van der Waals surface area contributed by atoms with Crippen molar-refractivity contribution in [1.82, 2.24) is 4.98 Å². The first kappa shape index (κ1) is 22.7. The molecule has 1 heterocycles. The number of para-hydroxylation sites is 2. The molecule has 1 aromatic heterocycles. The van der Waals surface area contributed by atoms with E-state index in [2.05, 4.69) is 4.98 Å². The van der Waals surface area contributed by atoms with Gasteiger partial charge in [-0.3, -0.25) is 0 Å². The Bertz CT molecular complexity index is 1250. The second-order valence-electron chi connectivity index (χ2n) is 7.00. The number of hydrogen-bond donors (Lipinski definition) is 0. The average molecular weight is 476 g/mol. The maximum absolute atomic E-state index is 13.4. The largest absolute Gasteiger partial charge is 0.473 e. The molecule has 0 aliphatic heterocycles. The Balaban J connectivity index is 1.82. The molecule has 1 atom stereocenters. The number of carbonyl (C=O) groups is 1. The Labute approximate surface area is 191 Å². The minimum atomic E-state index is -4.60. The number of oxazole rings is 1. The van der Waals surface area contributed by atoms with Crippen molar-refractivity contribution in [3.8, 4) is 17.2 Å². The van der Waals surface area contributed by atoms with Gasteiger partial charge >= 0.3 is 12.1 Å². The molecule has 0 bridgehead atoms. The van der Waals surface area contributed by atoms with Gasteiger partial charge in [0.05, 0.1) is 17.7 Å². The van der Waals surface area contributed by atoms with E-state index in [-0.39, 0.29) is 23.8 Å². The molecule has 0 radical (unpaired) electrons. The zero-order valence-electron chi connectivity index (χ0n) is 17.2. The third-order valence-corrected chi connectivity index (χ3v) is 5.00. The molecule has 0 amide bonds. The number of benzene rings is 3. The molecule has 0 saturated carbocycles. The number of esters is 1. The first-order valence-electron chi connectivity index (χ1n) is 9.92. The first-order valence-corrected chi connectivity index (χ1v) is 10.3. The monoisotopic (exact) mass is 475 g/mol. The molecular weight excluding hydrogens is 459 g/mol. The Morgan fingerprint density at radius 1 is 1.09 bits per heavy atom. The van der Waals surface area contributed by atoms with E-state index >= 15 is 0 Å². The van der Waals surface area contributed by atoms with Crippen LogP contribution >= 0.6 is 11.6 Å². The fraction of sp³-hybridized carbons (Fsp3) is 0.167. The fourth-order valence-corrected chi connectivity index (χ4v) is 3.32. The van der Waals surface area contributed by atoms with Crippen LogP contribution in [0.5, 0.6) is 5.75 Å². The molecule has 5 nitrogen and oxygen atoms in total. The van der Waals surface area contributed by atoms with Crippen molar-refractivity contribution >= 4 is 28.7 Å². The molecule has 3 aromatic carbocycles. The third kappa shape index (κ3) is 4.96. The Kier molecular flexibility index (Phi) is 6.29. The quantitative estimate of drug-likeness (QED) is 0.285. The van der Waals surface area contributed by atoms with Crippen LogP contribution in [-0.4, -0.2) is 17.6 Å². The van der Waals surface area contributed by atoms with Crippen LogP contribution < -0.4 is 4.74 Å².